The minimum Gasteiger partial charge on any atom is -0.481 e. The smallest absolute Gasteiger partial charge is 0.306 e. The second-order valence-corrected chi connectivity index (χ2v) is 27.9. The molecular formula is C82H156N4O27. The van der Waals surface area contributed by atoms with Crippen LogP contribution < -0.4 is 5.32 Å². The average molecular weight is 1630 g/mol. The second kappa shape index (κ2) is 84.2. The van der Waals surface area contributed by atoms with Gasteiger partial charge in [0.25, 0.3) is 0 Å². The molecule has 666 valence electrons. The highest BCUT2D eigenvalue weighted by atomic mass is 16.6. The van der Waals surface area contributed by atoms with Gasteiger partial charge in [0.15, 0.2) is 0 Å². The lowest BCUT2D eigenvalue weighted by Gasteiger charge is -2.12. The van der Waals surface area contributed by atoms with Crippen LogP contribution in [0.2, 0.25) is 0 Å². The SMILES string of the molecule is CCCCCCCCCCCC(CCCCCCCCCCC(=O)NCCOCCOCCOCCOCCOCCOCCOCCOCCOCCOCCOCCOCCOCCOCCOCCOCCOCCOCCOCCOCCOCCOCCOCCn1nnc2c1CC[C@H]1C(CC2)[C@H]1CO)C(=O)O. The molecule has 31 nitrogen and oxygen atoms in total. The Morgan fingerprint density at radius 2 is 0.593 bits per heavy atom. The highest BCUT2D eigenvalue weighted by Gasteiger charge is 2.49. The van der Waals surface area contributed by atoms with Gasteiger partial charge in [-0.15, -0.1) is 5.10 Å². The maximum atomic E-state index is 12.2. The Labute approximate surface area is 677 Å². The number of unbranched alkanes of at least 4 members (excludes halogenated alkanes) is 15. The van der Waals surface area contributed by atoms with E-state index in [0.717, 1.165) is 95.6 Å². The molecule has 0 radical (unpaired) electrons. The molecule has 0 aromatic carbocycles. The van der Waals surface area contributed by atoms with Gasteiger partial charge in [-0.3, -0.25) is 9.59 Å². The molecule has 1 saturated carbocycles. The highest BCUT2D eigenvalue weighted by Crippen LogP contribution is 2.52. The first-order chi connectivity index (χ1) is 56.0. The van der Waals surface area contributed by atoms with E-state index in [1.165, 1.54) is 63.5 Å². The van der Waals surface area contributed by atoms with Crippen molar-refractivity contribution in [3.63, 3.8) is 0 Å². The number of aliphatic hydroxyl groups excluding tert-OH is 1. The first-order valence-electron chi connectivity index (χ1n) is 43.3. The van der Waals surface area contributed by atoms with Crippen LogP contribution in [-0.4, -0.2) is 354 Å². The van der Waals surface area contributed by atoms with Crippen LogP contribution in [0.3, 0.4) is 0 Å². The zero-order chi connectivity index (χ0) is 80.2. The summed E-state index contributed by atoms with van der Waals surface area (Å²) in [4.78, 5) is 23.9. The van der Waals surface area contributed by atoms with E-state index in [1.54, 1.807) is 0 Å². The van der Waals surface area contributed by atoms with Crippen molar-refractivity contribution in [2.24, 2.45) is 23.7 Å². The van der Waals surface area contributed by atoms with E-state index >= 15 is 0 Å². The van der Waals surface area contributed by atoms with Crippen molar-refractivity contribution in [1.29, 1.82) is 0 Å². The Balaban J connectivity index is 0.844. The molecule has 1 aromatic heterocycles. The lowest BCUT2D eigenvalue weighted by molar-refractivity contribution is -0.142. The maximum Gasteiger partial charge on any atom is 0.306 e. The molecule has 0 bridgehead atoms. The number of fused-ring (bicyclic) bond motifs is 2. The summed E-state index contributed by atoms with van der Waals surface area (Å²) in [5, 5.41) is 31.0. The predicted octanol–water partition coefficient (Wildman–Crippen LogP) is 8.03. The number of hydrogen-bond donors (Lipinski definition) is 3. The van der Waals surface area contributed by atoms with Gasteiger partial charge in [-0.1, -0.05) is 115 Å². The zero-order valence-electron chi connectivity index (χ0n) is 69.9. The van der Waals surface area contributed by atoms with Crippen molar-refractivity contribution in [1.82, 2.24) is 20.3 Å². The van der Waals surface area contributed by atoms with Gasteiger partial charge in [-0.25, -0.2) is 4.68 Å². The summed E-state index contributed by atoms with van der Waals surface area (Å²) in [6.45, 7) is 25.9. The molecule has 0 spiro atoms. The normalized spacial score (nSPS) is 15.1. The summed E-state index contributed by atoms with van der Waals surface area (Å²) in [6.07, 6.45) is 26.4. The molecule has 3 N–H and O–H groups in total. The Bertz CT molecular complexity index is 2140. The number of ether oxygens (including phenoxy) is 23. The Morgan fingerprint density at radius 3 is 0.867 bits per heavy atom. The van der Waals surface area contributed by atoms with Crippen molar-refractivity contribution in [3.05, 3.63) is 11.4 Å². The summed E-state index contributed by atoms with van der Waals surface area (Å²) in [7, 11) is 0. The summed E-state index contributed by atoms with van der Waals surface area (Å²) < 4.78 is 130. The van der Waals surface area contributed by atoms with Crippen LogP contribution in [-0.2, 0) is 138 Å². The Kier molecular flexibility index (Phi) is 77.7. The maximum absolute atomic E-state index is 12.2. The topological polar surface area (TPSA) is 330 Å². The summed E-state index contributed by atoms with van der Waals surface area (Å²) in [6, 6.07) is 0. The van der Waals surface area contributed by atoms with Gasteiger partial charge in [0.05, 0.1) is 328 Å². The van der Waals surface area contributed by atoms with Crippen LogP contribution in [0.25, 0.3) is 0 Å². The molecule has 2 unspecified atom stereocenters. The fourth-order valence-electron chi connectivity index (χ4n) is 12.5. The number of nitrogens with zero attached hydrogens (tertiary/aromatic N) is 3. The number of amides is 1. The molecule has 1 aromatic rings. The van der Waals surface area contributed by atoms with E-state index in [4.69, 9.17) is 109 Å². The minimum atomic E-state index is -0.621. The van der Waals surface area contributed by atoms with E-state index in [-0.39, 0.29) is 11.8 Å². The number of carboxylic acids is 1. The van der Waals surface area contributed by atoms with Gasteiger partial charge in [-0.2, -0.15) is 0 Å². The molecule has 1 fully saturated rings. The van der Waals surface area contributed by atoms with Crippen LogP contribution in [0.15, 0.2) is 0 Å². The molecule has 2 aliphatic carbocycles. The first-order valence-corrected chi connectivity index (χ1v) is 43.3. The fraction of sp³-hybridized carbons (Fsp3) is 0.951. The summed E-state index contributed by atoms with van der Waals surface area (Å²) in [5.41, 5.74) is 2.34. The standard InChI is InChI=1S/C82H156N4O27/c1-2-3-4-5-6-7-10-13-16-19-75(82(89)90)20-17-14-11-8-9-12-15-18-21-81(88)83-26-28-91-30-32-93-34-36-95-38-40-97-42-44-99-46-48-101-50-52-103-54-56-105-58-60-107-62-64-109-66-68-111-70-72-113-73-71-112-69-67-110-65-63-108-61-59-106-57-55-104-53-51-102-49-47-100-45-43-98-41-39-96-37-35-94-33-31-92-29-27-86-80-25-23-77-76(78(77)74-87)22-24-79(80)84-85-86/h75-78,87H,2-74H2,1H3,(H,83,88)(H,89,90)/t75?,76?,77-,78+/m0/s1. The third-order valence-electron chi connectivity index (χ3n) is 19.0. The van der Waals surface area contributed by atoms with Crippen molar-refractivity contribution >= 4 is 11.9 Å². The molecule has 0 aliphatic heterocycles. The molecule has 1 heterocycles. The number of aliphatic hydroxyl groups is 1. The number of carbonyl (C=O) groups excluding carboxylic acids is 1. The van der Waals surface area contributed by atoms with Gasteiger partial charge in [0.2, 0.25) is 5.91 Å². The number of aryl methyl sites for hydroxylation is 1. The van der Waals surface area contributed by atoms with Gasteiger partial charge < -0.3 is 124 Å². The summed E-state index contributed by atoms with van der Waals surface area (Å²) >= 11 is 0. The van der Waals surface area contributed by atoms with Crippen molar-refractivity contribution < 1.29 is 129 Å². The van der Waals surface area contributed by atoms with E-state index in [0.29, 0.717) is 348 Å². The van der Waals surface area contributed by atoms with Crippen LogP contribution >= 0.6 is 0 Å². The largest absolute Gasteiger partial charge is 0.481 e. The summed E-state index contributed by atoms with van der Waals surface area (Å²) in [5.74, 6) is 1.07. The van der Waals surface area contributed by atoms with Crippen LogP contribution in [0.4, 0.5) is 0 Å². The predicted molar refractivity (Wildman–Crippen MR) is 425 cm³/mol. The molecule has 4 atom stereocenters. The highest BCUT2D eigenvalue weighted by molar-refractivity contribution is 5.75. The molecule has 31 heteroatoms. The van der Waals surface area contributed by atoms with Crippen molar-refractivity contribution in [2.45, 2.75) is 168 Å². The lowest BCUT2D eigenvalue weighted by atomic mass is 9.94. The Morgan fingerprint density at radius 1 is 0.345 bits per heavy atom. The number of rotatable bonds is 95. The van der Waals surface area contributed by atoms with Crippen molar-refractivity contribution in [2.75, 3.05) is 317 Å². The van der Waals surface area contributed by atoms with E-state index < -0.39 is 5.97 Å². The van der Waals surface area contributed by atoms with E-state index in [1.807, 2.05) is 4.68 Å². The number of aromatic nitrogens is 3. The number of carbonyl (C=O) groups is 2. The van der Waals surface area contributed by atoms with E-state index in [9.17, 15) is 19.8 Å². The third kappa shape index (κ3) is 68.6. The molecule has 1 amide bonds. The first kappa shape index (κ1) is 104. The van der Waals surface area contributed by atoms with Gasteiger partial charge in [0.1, 0.15) is 0 Å². The van der Waals surface area contributed by atoms with Crippen molar-refractivity contribution in [3.8, 4) is 0 Å². The van der Waals surface area contributed by atoms with Crippen LogP contribution in [0, 0.1) is 23.7 Å². The monoisotopic (exact) mass is 1630 g/mol. The Hall–Kier alpha value is -2.88. The molecule has 2 aliphatic rings. The zero-order valence-corrected chi connectivity index (χ0v) is 69.9. The number of nitrogens with one attached hydrogen (secondary N) is 1. The third-order valence-corrected chi connectivity index (χ3v) is 19.0. The molecule has 3 rings (SSSR count). The number of hydrogen-bond acceptors (Lipinski definition) is 28. The van der Waals surface area contributed by atoms with Gasteiger partial charge in [0, 0.05) is 19.6 Å². The molecular weight excluding hydrogens is 1470 g/mol. The number of carboxylic acid groups (broad SMARTS) is 1. The van der Waals surface area contributed by atoms with Crippen LogP contribution in [0.1, 0.15) is 160 Å². The fourth-order valence-corrected chi connectivity index (χ4v) is 12.5. The van der Waals surface area contributed by atoms with Gasteiger partial charge in [-0.05, 0) is 62.7 Å². The number of aliphatic carboxylic acids is 1. The van der Waals surface area contributed by atoms with E-state index in [2.05, 4.69) is 22.6 Å². The second-order valence-electron chi connectivity index (χ2n) is 27.9. The van der Waals surface area contributed by atoms with Gasteiger partial charge >= 0.3 is 5.97 Å². The minimum absolute atomic E-state index is 0.0673. The average Bonchev–Trinajstić information content (AvgIpc) is 1.66. The van der Waals surface area contributed by atoms with Crippen LogP contribution in [0.5, 0.6) is 0 Å². The molecule has 0 saturated heterocycles. The quantitative estimate of drug-likeness (QED) is 0.0519. The molecule has 113 heavy (non-hydrogen) atoms. The lowest BCUT2D eigenvalue weighted by Crippen LogP contribution is -2.27.